The minimum absolute atomic E-state index is 0.264. The largest absolute Gasteiger partial charge is 0.514 e. The maximum Gasteiger partial charge on any atom is 0.514 e. The van der Waals surface area contributed by atoms with Gasteiger partial charge in [-0.3, -0.25) is 0 Å². The quantitative estimate of drug-likeness (QED) is 0.116. The number of ether oxygens (including phenoxy) is 5. The number of hydrogen-bond donors (Lipinski definition) is 0. The van der Waals surface area contributed by atoms with Crippen LogP contribution in [0.2, 0.25) is 0 Å². The van der Waals surface area contributed by atoms with Crippen molar-refractivity contribution in [1.82, 2.24) is 0 Å². The van der Waals surface area contributed by atoms with Gasteiger partial charge in [0.2, 0.25) is 0 Å². The maximum absolute atomic E-state index is 11.7. The molecule has 0 aromatic heterocycles. The molecular formula is C30H38O7. The second-order valence-corrected chi connectivity index (χ2v) is 8.84. The molecule has 0 spiro atoms. The molecule has 0 amide bonds. The molecular weight excluding hydrogens is 472 g/mol. The van der Waals surface area contributed by atoms with Gasteiger partial charge in [-0.2, -0.15) is 0 Å². The molecule has 2 aromatic rings. The summed E-state index contributed by atoms with van der Waals surface area (Å²) in [4.78, 5) is 21.9. The Kier molecular flexibility index (Phi) is 13.5. The Morgan fingerprint density at radius 3 is 1.78 bits per heavy atom. The van der Waals surface area contributed by atoms with Crippen molar-refractivity contribution in [3.8, 4) is 11.5 Å². The van der Waals surface area contributed by atoms with E-state index in [-0.39, 0.29) is 12.3 Å². The van der Waals surface area contributed by atoms with E-state index in [0.717, 1.165) is 16.9 Å². The summed E-state index contributed by atoms with van der Waals surface area (Å²) in [6.07, 6.45) is 6.91. The van der Waals surface area contributed by atoms with Gasteiger partial charge in [-0.05, 0) is 76.9 Å². The van der Waals surface area contributed by atoms with Gasteiger partial charge in [-0.15, -0.1) is 0 Å². The molecule has 37 heavy (non-hydrogen) atoms. The number of methoxy groups -OCH3 is 1. The van der Waals surface area contributed by atoms with E-state index >= 15 is 0 Å². The third-order valence-electron chi connectivity index (χ3n) is 4.28. The van der Waals surface area contributed by atoms with Crippen LogP contribution in [-0.2, 0) is 19.0 Å². The van der Waals surface area contributed by atoms with Gasteiger partial charge in [-0.25, -0.2) is 9.59 Å². The van der Waals surface area contributed by atoms with E-state index in [0.29, 0.717) is 17.9 Å². The van der Waals surface area contributed by atoms with E-state index in [4.69, 9.17) is 18.9 Å². The summed E-state index contributed by atoms with van der Waals surface area (Å²) in [5, 5.41) is 0. The van der Waals surface area contributed by atoms with Gasteiger partial charge >= 0.3 is 12.1 Å². The van der Waals surface area contributed by atoms with E-state index in [1.807, 2.05) is 74.5 Å². The number of hydrogen-bond acceptors (Lipinski definition) is 7. The van der Waals surface area contributed by atoms with Crippen molar-refractivity contribution >= 4 is 24.3 Å². The first-order valence-electron chi connectivity index (χ1n) is 11.9. The molecule has 0 saturated heterocycles. The van der Waals surface area contributed by atoms with Crippen LogP contribution < -0.4 is 9.47 Å². The van der Waals surface area contributed by atoms with Gasteiger partial charge in [0.05, 0.1) is 7.11 Å². The summed E-state index contributed by atoms with van der Waals surface area (Å²) >= 11 is 0. The molecule has 2 rings (SSSR count). The summed E-state index contributed by atoms with van der Waals surface area (Å²) in [6.45, 7) is 14.8. The van der Waals surface area contributed by atoms with Crippen molar-refractivity contribution in [1.29, 1.82) is 0 Å². The van der Waals surface area contributed by atoms with Crippen LogP contribution in [-0.4, -0.2) is 37.7 Å². The van der Waals surface area contributed by atoms with Crippen LogP contribution in [0.4, 0.5) is 4.79 Å². The van der Waals surface area contributed by atoms with Gasteiger partial charge in [0.15, 0.2) is 6.29 Å². The monoisotopic (exact) mass is 510 g/mol. The molecule has 0 saturated carbocycles. The first-order valence-corrected chi connectivity index (χ1v) is 11.9. The third-order valence-corrected chi connectivity index (χ3v) is 4.28. The van der Waals surface area contributed by atoms with Crippen molar-refractivity contribution in [2.45, 2.75) is 53.4 Å². The molecule has 7 nitrogen and oxygen atoms in total. The van der Waals surface area contributed by atoms with Crippen LogP contribution in [0.5, 0.6) is 11.5 Å². The summed E-state index contributed by atoms with van der Waals surface area (Å²) in [5.41, 5.74) is 1.91. The highest BCUT2D eigenvalue weighted by molar-refractivity contribution is 5.86. The molecule has 0 fully saturated rings. The molecule has 7 heteroatoms. The van der Waals surface area contributed by atoms with Crippen LogP contribution in [0, 0.1) is 0 Å². The van der Waals surface area contributed by atoms with E-state index in [9.17, 15) is 9.59 Å². The number of benzene rings is 2. The molecule has 0 bridgehead atoms. The zero-order chi connectivity index (χ0) is 27.8. The molecule has 0 aliphatic carbocycles. The van der Waals surface area contributed by atoms with Gasteiger partial charge in [0.25, 0.3) is 0 Å². The Morgan fingerprint density at radius 2 is 1.41 bits per heavy atom. The average molecular weight is 511 g/mol. The molecule has 0 heterocycles. The summed E-state index contributed by atoms with van der Waals surface area (Å²) in [7, 11) is 1.33. The van der Waals surface area contributed by atoms with Gasteiger partial charge in [0, 0.05) is 12.2 Å². The molecule has 200 valence electrons. The number of carbonyl (C=O) groups is 2. The van der Waals surface area contributed by atoms with E-state index in [2.05, 4.69) is 11.3 Å². The maximum atomic E-state index is 11.7. The Labute approximate surface area is 220 Å². The Balaban J connectivity index is 0.000000856. The van der Waals surface area contributed by atoms with E-state index in [1.165, 1.54) is 7.11 Å². The van der Waals surface area contributed by atoms with Gasteiger partial charge in [0.1, 0.15) is 17.1 Å². The van der Waals surface area contributed by atoms with Crippen molar-refractivity contribution in [3.05, 3.63) is 84.0 Å². The first-order chi connectivity index (χ1) is 17.4. The SMILES string of the molecule is C=C(C)C(=O)OC.CCOC(C)Oc1ccc(C=CC=Cc2ccc(OC(=O)OC(C)(C)C)cc2)cc1. The van der Waals surface area contributed by atoms with Crippen LogP contribution in [0.1, 0.15) is 52.7 Å². The zero-order valence-corrected chi connectivity index (χ0v) is 22.8. The van der Waals surface area contributed by atoms with Gasteiger partial charge < -0.3 is 23.7 Å². The van der Waals surface area contributed by atoms with Crippen LogP contribution in [0.3, 0.4) is 0 Å². The molecule has 0 N–H and O–H groups in total. The molecule has 1 atom stereocenters. The average Bonchev–Trinajstić information content (AvgIpc) is 2.82. The normalized spacial score (nSPS) is 11.9. The second kappa shape index (κ2) is 16.0. The Morgan fingerprint density at radius 1 is 0.919 bits per heavy atom. The van der Waals surface area contributed by atoms with Crippen molar-refractivity contribution in [2.75, 3.05) is 13.7 Å². The highest BCUT2D eigenvalue weighted by Crippen LogP contribution is 2.17. The lowest BCUT2D eigenvalue weighted by Crippen LogP contribution is -2.25. The summed E-state index contributed by atoms with van der Waals surface area (Å²) in [6, 6.07) is 15.0. The fourth-order valence-corrected chi connectivity index (χ4v) is 2.64. The first kappa shape index (κ1) is 31.2. The number of allylic oxidation sites excluding steroid dienone is 2. The highest BCUT2D eigenvalue weighted by Gasteiger charge is 2.17. The number of carbonyl (C=O) groups excluding carboxylic acids is 2. The topological polar surface area (TPSA) is 80.3 Å². The minimum Gasteiger partial charge on any atom is -0.466 e. The third kappa shape index (κ3) is 14.3. The van der Waals surface area contributed by atoms with Crippen LogP contribution in [0.15, 0.2) is 72.8 Å². The van der Waals surface area contributed by atoms with Crippen molar-refractivity contribution < 1.29 is 33.3 Å². The summed E-state index contributed by atoms with van der Waals surface area (Å²) < 4.78 is 25.6. The van der Waals surface area contributed by atoms with Gasteiger partial charge in [-0.1, -0.05) is 55.1 Å². The molecule has 2 aromatic carbocycles. The fourth-order valence-electron chi connectivity index (χ4n) is 2.64. The van der Waals surface area contributed by atoms with E-state index in [1.54, 1.807) is 39.8 Å². The highest BCUT2D eigenvalue weighted by atomic mass is 16.7. The summed E-state index contributed by atoms with van der Waals surface area (Å²) in [5.74, 6) is 0.871. The lowest BCUT2D eigenvalue weighted by molar-refractivity contribution is -0.136. The molecule has 1 unspecified atom stereocenters. The fraction of sp³-hybridized carbons (Fsp3) is 0.333. The number of esters is 1. The van der Waals surface area contributed by atoms with Crippen LogP contribution in [0.25, 0.3) is 12.2 Å². The zero-order valence-electron chi connectivity index (χ0n) is 22.8. The van der Waals surface area contributed by atoms with Crippen LogP contribution >= 0.6 is 0 Å². The predicted octanol–water partition coefficient (Wildman–Crippen LogP) is 7.22. The smallest absolute Gasteiger partial charge is 0.466 e. The Bertz CT molecular complexity index is 1040. The lowest BCUT2D eigenvalue weighted by atomic mass is 10.2. The van der Waals surface area contributed by atoms with Crippen molar-refractivity contribution in [3.63, 3.8) is 0 Å². The lowest BCUT2D eigenvalue weighted by Gasteiger charge is -2.18. The molecule has 0 aliphatic heterocycles. The van der Waals surface area contributed by atoms with E-state index < -0.39 is 11.8 Å². The number of rotatable bonds is 9. The second-order valence-electron chi connectivity index (χ2n) is 8.84. The van der Waals surface area contributed by atoms with Crippen molar-refractivity contribution in [2.24, 2.45) is 0 Å². The minimum atomic E-state index is -0.711. The predicted molar refractivity (Wildman–Crippen MR) is 146 cm³/mol. The standard InChI is InChI=1S/C25H30O5.C5H8O2/c1-6-27-19(2)28-22-15-11-20(12-16-22)9-7-8-10-21-13-17-23(18-14-21)29-24(26)30-25(3,4)5;1-4(2)5(6)7-3/h7-19H,6H2,1-5H3;1H2,2-3H3. The molecule has 0 aliphatic rings. The molecule has 0 radical (unpaired) electrons. The Hall–Kier alpha value is -3.84.